The summed E-state index contributed by atoms with van der Waals surface area (Å²) in [6.07, 6.45) is 6.00. The number of para-hydroxylation sites is 1. The van der Waals surface area contributed by atoms with E-state index in [-0.39, 0.29) is 56.4 Å². The summed E-state index contributed by atoms with van der Waals surface area (Å²) in [5, 5.41) is 12.4. The molecular formula is C47H62N10O6. The molecule has 336 valence electrons. The lowest BCUT2D eigenvalue weighted by molar-refractivity contribution is -0.143. The maximum absolute atomic E-state index is 14.7. The fourth-order valence-corrected chi connectivity index (χ4v) is 8.24. The van der Waals surface area contributed by atoms with Gasteiger partial charge in [-0.15, -0.1) is 0 Å². The van der Waals surface area contributed by atoms with Crippen molar-refractivity contribution in [1.29, 1.82) is 0 Å². The fraction of sp³-hybridized carbons (Fsp3) is 0.426. The van der Waals surface area contributed by atoms with Gasteiger partial charge >= 0.3 is 0 Å². The average molecular weight is 863 g/mol. The van der Waals surface area contributed by atoms with Gasteiger partial charge in [-0.25, -0.2) is 0 Å². The predicted octanol–water partition coefficient (Wildman–Crippen LogP) is 2.81. The van der Waals surface area contributed by atoms with Crippen LogP contribution in [-0.2, 0) is 41.6 Å². The Labute approximate surface area is 368 Å². The summed E-state index contributed by atoms with van der Waals surface area (Å²) < 4.78 is 0. The number of amides is 6. The number of guanidine groups is 1. The summed E-state index contributed by atoms with van der Waals surface area (Å²) in [6.45, 7) is 1.70. The van der Waals surface area contributed by atoms with Gasteiger partial charge in [0.05, 0.1) is 6.54 Å². The molecule has 11 N–H and O–H groups in total. The quantitative estimate of drug-likeness (QED) is 0.0330. The number of hydrogen-bond donors (Lipinski definition) is 8. The molecule has 0 bridgehead atoms. The summed E-state index contributed by atoms with van der Waals surface area (Å²) in [4.78, 5) is 91.3. The molecule has 3 unspecified atom stereocenters. The minimum atomic E-state index is -1.27. The molecule has 16 heteroatoms. The van der Waals surface area contributed by atoms with Gasteiger partial charge < -0.3 is 48.4 Å². The number of benzene rings is 3. The third-order valence-electron chi connectivity index (χ3n) is 11.8. The Morgan fingerprint density at radius 1 is 0.825 bits per heavy atom. The summed E-state index contributed by atoms with van der Waals surface area (Å²) in [6, 6.07) is 23.3. The zero-order chi connectivity index (χ0) is 45.4. The number of carbonyl (C=O) groups excluding carboxylic acids is 6. The number of unbranched alkanes of at least 4 members (excludes halogenated alkanes) is 1. The maximum atomic E-state index is 14.7. The highest BCUT2D eigenvalue weighted by Gasteiger charge is 2.45. The highest BCUT2D eigenvalue weighted by molar-refractivity contribution is 5.98. The maximum Gasteiger partial charge on any atom is 0.246 e. The first kappa shape index (κ1) is 47.3. The number of aromatic amines is 1. The predicted molar refractivity (Wildman–Crippen MR) is 243 cm³/mol. The molecule has 16 nitrogen and oxygen atoms in total. The van der Waals surface area contributed by atoms with Crippen molar-refractivity contribution in [1.82, 2.24) is 31.2 Å². The lowest BCUT2D eigenvalue weighted by Gasteiger charge is -2.40. The molecule has 0 saturated heterocycles. The van der Waals surface area contributed by atoms with Crippen LogP contribution in [0.5, 0.6) is 0 Å². The summed E-state index contributed by atoms with van der Waals surface area (Å²) in [7, 11) is 1.46. The van der Waals surface area contributed by atoms with Gasteiger partial charge in [-0.05, 0) is 73.6 Å². The first-order chi connectivity index (χ1) is 30.3. The highest BCUT2D eigenvalue weighted by Crippen LogP contribution is 2.38. The highest BCUT2D eigenvalue weighted by atomic mass is 16.2. The van der Waals surface area contributed by atoms with E-state index in [1.165, 1.54) is 17.5 Å². The number of H-pyrrole nitrogens is 1. The third kappa shape index (κ3) is 13.4. The second-order valence-corrected chi connectivity index (χ2v) is 16.4. The standard InChI is InChI=1S/C47H62N10O6/c1-3-4-21-41(59)56-47(24-22-33(23-25-47)32-16-9-6-10-17-32)45(63)55-38(27-31-14-7-5-8-15-31)42(60)54-37(20-13-26-51-46(49)50)44(62)57(2)39(43(61)53-30-40(48)58)28-34-29-52-36-19-12-11-18-35(34)36/h5-12,14-19,29,33,37-39,52H,3-4,13,20-28,30H2,1-2H3,(H2,48,58)(H,53,61)(H,54,60)(H,55,63)(H,56,59)(H4,49,50,51). The topological polar surface area (TPSA) is 260 Å². The van der Waals surface area contributed by atoms with Crippen molar-refractivity contribution in [3.8, 4) is 0 Å². The molecule has 5 rings (SSSR count). The Kier molecular flexibility index (Phi) is 17.2. The van der Waals surface area contributed by atoms with Crippen molar-refractivity contribution >= 4 is 52.3 Å². The van der Waals surface area contributed by atoms with Crippen molar-refractivity contribution in [2.24, 2.45) is 22.2 Å². The van der Waals surface area contributed by atoms with Gasteiger partial charge in [-0.3, -0.25) is 33.8 Å². The van der Waals surface area contributed by atoms with Gasteiger partial charge in [0.1, 0.15) is 23.7 Å². The minimum absolute atomic E-state index is 0.0649. The molecule has 0 spiro atoms. The molecule has 1 aliphatic carbocycles. The first-order valence-corrected chi connectivity index (χ1v) is 21.7. The third-order valence-corrected chi connectivity index (χ3v) is 11.8. The van der Waals surface area contributed by atoms with Crippen LogP contribution in [-0.4, -0.2) is 95.1 Å². The summed E-state index contributed by atoms with van der Waals surface area (Å²) >= 11 is 0. The molecule has 0 radical (unpaired) electrons. The van der Waals surface area contributed by atoms with Crippen LogP contribution in [0.25, 0.3) is 10.9 Å². The Bertz CT molecular complexity index is 2200. The van der Waals surface area contributed by atoms with Gasteiger partial charge in [0.2, 0.25) is 35.4 Å². The van der Waals surface area contributed by atoms with Crippen molar-refractivity contribution in [2.45, 2.75) is 107 Å². The van der Waals surface area contributed by atoms with Gasteiger partial charge in [-0.2, -0.15) is 0 Å². The smallest absolute Gasteiger partial charge is 0.246 e. The molecule has 1 heterocycles. The SMILES string of the molecule is CCCCC(=O)NC1(C(=O)NC(Cc2ccccc2)C(=O)NC(CCCN=C(N)N)C(=O)N(C)C(Cc2c[nH]c3ccccc23)C(=O)NCC(N)=O)CCC(c2ccccc2)CC1. The second kappa shape index (κ2) is 22.9. The number of aromatic nitrogens is 1. The molecule has 0 aliphatic heterocycles. The Hall–Kier alpha value is -6.71. The molecular weight excluding hydrogens is 801 g/mol. The van der Waals surface area contributed by atoms with Crippen molar-refractivity contribution in [2.75, 3.05) is 20.1 Å². The van der Waals surface area contributed by atoms with E-state index in [1.807, 2.05) is 79.7 Å². The van der Waals surface area contributed by atoms with E-state index in [0.717, 1.165) is 28.5 Å². The monoisotopic (exact) mass is 862 g/mol. The molecule has 63 heavy (non-hydrogen) atoms. The van der Waals surface area contributed by atoms with Crippen LogP contribution in [0.4, 0.5) is 0 Å². The number of carbonyl (C=O) groups is 6. The molecule has 3 aromatic carbocycles. The Balaban J connectivity index is 1.44. The normalized spacial score (nSPS) is 17.3. The van der Waals surface area contributed by atoms with E-state index in [2.05, 4.69) is 43.4 Å². The Morgan fingerprint density at radius 2 is 1.49 bits per heavy atom. The van der Waals surface area contributed by atoms with Crippen LogP contribution in [0.15, 0.2) is 96.1 Å². The molecule has 3 atom stereocenters. The molecule has 1 aromatic heterocycles. The van der Waals surface area contributed by atoms with Crippen LogP contribution in [0.2, 0.25) is 0 Å². The average Bonchev–Trinajstić information content (AvgIpc) is 3.70. The van der Waals surface area contributed by atoms with Crippen molar-refractivity contribution in [3.05, 3.63) is 108 Å². The van der Waals surface area contributed by atoms with E-state index >= 15 is 0 Å². The van der Waals surface area contributed by atoms with Crippen LogP contribution in [0, 0.1) is 0 Å². The van der Waals surface area contributed by atoms with Crippen molar-refractivity contribution in [3.63, 3.8) is 0 Å². The number of aliphatic imine (C=N–C) groups is 1. The van der Waals surface area contributed by atoms with E-state index in [0.29, 0.717) is 32.1 Å². The van der Waals surface area contributed by atoms with Gasteiger partial charge in [0.15, 0.2) is 5.96 Å². The zero-order valence-electron chi connectivity index (χ0n) is 36.2. The van der Waals surface area contributed by atoms with Gasteiger partial charge in [0.25, 0.3) is 0 Å². The first-order valence-electron chi connectivity index (χ1n) is 21.7. The van der Waals surface area contributed by atoms with Gasteiger partial charge in [-0.1, -0.05) is 92.2 Å². The zero-order valence-corrected chi connectivity index (χ0v) is 36.2. The minimum Gasteiger partial charge on any atom is -0.370 e. The number of nitrogens with two attached hydrogens (primary N) is 3. The van der Waals surface area contributed by atoms with E-state index < -0.39 is 59.7 Å². The molecule has 4 aromatic rings. The summed E-state index contributed by atoms with van der Waals surface area (Å²) in [5.74, 6) is -3.27. The molecule has 6 amide bonds. The molecule has 1 aliphatic rings. The lowest BCUT2D eigenvalue weighted by atomic mass is 9.73. The fourth-order valence-electron chi connectivity index (χ4n) is 8.24. The van der Waals surface area contributed by atoms with Gasteiger partial charge in [0, 0.05) is 50.0 Å². The number of hydrogen-bond acceptors (Lipinski definition) is 7. The van der Waals surface area contributed by atoms with Crippen LogP contribution >= 0.6 is 0 Å². The van der Waals surface area contributed by atoms with E-state index in [4.69, 9.17) is 17.2 Å². The van der Waals surface area contributed by atoms with Crippen LogP contribution in [0.3, 0.4) is 0 Å². The largest absolute Gasteiger partial charge is 0.370 e. The number of rotatable bonds is 22. The van der Waals surface area contributed by atoms with Crippen LogP contribution in [0.1, 0.15) is 87.3 Å². The Morgan fingerprint density at radius 3 is 2.16 bits per heavy atom. The van der Waals surface area contributed by atoms with E-state index in [1.54, 1.807) is 6.20 Å². The molecule has 1 saturated carbocycles. The second-order valence-electron chi connectivity index (χ2n) is 16.4. The molecule has 1 fully saturated rings. The number of nitrogens with one attached hydrogen (secondary N) is 5. The number of nitrogens with zero attached hydrogens (tertiary/aromatic N) is 2. The summed E-state index contributed by atoms with van der Waals surface area (Å²) in [5.41, 5.74) is 18.8. The van der Waals surface area contributed by atoms with Crippen molar-refractivity contribution < 1.29 is 28.8 Å². The number of fused-ring (bicyclic) bond motifs is 1. The number of primary amides is 1. The van der Waals surface area contributed by atoms with E-state index in [9.17, 15) is 28.8 Å². The van der Waals surface area contributed by atoms with Crippen LogP contribution < -0.4 is 38.5 Å². The number of likely N-dealkylation sites (N-methyl/N-ethyl adjacent to an activating group) is 1. The lowest BCUT2D eigenvalue weighted by Crippen LogP contribution is -2.64.